The Morgan fingerprint density at radius 2 is 1.96 bits per heavy atom. The Hall–Kier alpha value is -1.52. The van der Waals surface area contributed by atoms with Crippen LogP contribution in [0.3, 0.4) is 0 Å². The first-order chi connectivity index (χ1) is 11.2. The van der Waals surface area contributed by atoms with Crippen LogP contribution in [-0.2, 0) is 12.8 Å². The van der Waals surface area contributed by atoms with E-state index in [2.05, 4.69) is 57.6 Å². The van der Waals surface area contributed by atoms with Gasteiger partial charge in [-0.25, -0.2) is 0 Å². The van der Waals surface area contributed by atoms with Gasteiger partial charge in [0.2, 0.25) is 0 Å². The van der Waals surface area contributed by atoms with E-state index < -0.39 is 0 Å². The normalized spacial score (nSPS) is 16.7. The minimum atomic E-state index is 0.327. The lowest BCUT2D eigenvalue weighted by Gasteiger charge is -2.29. The van der Waals surface area contributed by atoms with Gasteiger partial charge in [0.05, 0.1) is 18.7 Å². The maximum atomic E-state index is 5.54. The fourth-order valence-corrected chi connectivity index (χ4v) is 4.17. The van der Waals surface area contributed by atoms with Crippen molar-refractivity contribution in [3.63, 3.8) is 0 Å². The Bertz CT molecular complexity index is 673. The number of hydrogen-bond acceptors (Lipinski definition) is 3. The van der Waals surface area contributed by atoms with Gasteiger partial charge < -0.3 is 14.8 Å². The van der Waals surface area contributed by atoms with Gasteiger partial charge in [-0.2, -0.15) is 0 Å². The van der Waals surface area contributed by atoms with Crippen LogP contribution >= 0.6 is 15.9 Å². The third-order valence-corrected chi connectivity index (χ3v) is 5.22. The predicted octanol–water partition coefficient (Wildman–Crippen LogP) is 4.29. The van der Waals surface area contributed by atoms with E-state index in [-0.39, 0.29) is 0 Å². The van der Waals surface area contributed by atoms with Gasteiger partial charge >= 0.3 is 0 Å². The number of aryl methyl sites for hydroxylation is 1. The number of methoxy groups -OCH3 is 2. The molecule has 0 bridgehead atoms. The zero-order valence-electron chi connectivity index (χ0n) is 13.6. The Balaban J connectivity index is 1.89. The zero-order chi connectivity index (χ0) is 16.2. The highest BCUT2D eigenvalue weighted by atomic mass is 79.9. The van der Waals surface area contributed by atoms with Crippen molar-refractivity contribution in [1.29, 1.82) is 0 Å². The monoisotopic (exact) mass is 375 g/mol. The van der Waals surface area contributed by atoms with Crippen LogP contribution < -0.4 is 14.8 Å². The smallest absolute Gasteiger partial charge is 0.175 e. The largest absolute Gasteiger partial charge is 0.493 e. The van der Waals surface area contributed by atoms with Crippen LogP contribution in [0.15, 0.2) is 40.9 Å². The number of hydrogen-bond donors (Lipinski definition) is 1. The maximum Gasteiger partial charge on any atom is 0.175 e. The van der Waals surface area contributed by atoms with Crippen molar-refractivity contribution >= 4 is 15.9 Å². The van der Waals surface area contributed by atoms with Crippen LogP contribution in [0.2, 0.25) is 0 Å². The molecule has 0 radical (unpaired) electrons. The second-order valence-corrected chi connectivity index (χ2v) is 6.57. The van der Waals surface area contributed by atoms with Crippen molar-refractivity contribution in [3.8, 4) is 11.5 Å². The summed E-state index contributed by atoms with van der Waals surface area (Å²) >= 11 is 3.74. The molecule has 0 aliphatic carbocycles. The molecule has 1 heterocycles. The second kappa shape index (κ2) is 7.37. The van der Waals surface area contributed by atoms with Gasteiger partial charge in [0, 0.05) is 6.04 Å². The standard InChI is InChI=1S/C19H22BrNO2/c1-22-16-12-14-10-11-21-15(17(14)18(20)19(16)23-2)9-8-13-6-4-3-5-7-13/h3-7,12,15,21H,8-11H2,1-2H3. The first kappa shape index (κ1) is 16.3. The number of benzene rings is 2. The molecule has 1 unspecified atom stereocenters. The van der Waals surface area contributed by atoms with E-state index in [9.17, 15) is 0 Å². The summed E-state index contributed by atoms with van der Waals surface area (Å²) in [6.45, 7) is 0.994. The fourth-order valence-electron chi connectivity index (χ4n) is 3.28. The van der Waals surface area contributed by atoms with Crippen molar-refractivity contribution in [2.24, 2.45) is 0 Å². The molecule has 1 N–H and O–H groups in total. The number of halogens is 1. The van der Waals surface area contributed by atoms with Gasteiger partial charge in [-0.15, -0.1) is 0 Å². The van der Waals surface area contributed by atoms with Crippen LogP contribution in [0.5, 0.6) is 11.5 Å². The lowest BCUT2D eigenvalue weighted by Crippen LogP contribution is -2.30. The van der Waals surface area contributed by atoms with Gasteiger partial charge in [0.25, 0.3) is 0 Å². The van der Waals surface area contributed by atoms with E-state index in [0.717, 1.165) is 41.8 Å². The molecular formula is C19H22BrNO2. The molecule has 1 aliphatic rings. The van der Waals surface area contributed by atoms with E-state index in [0.29, 0.717) is 6.04 Å². The molecule has 0 spiro atoms. The third kappa shape index (κ3) is 3.38. The molecule has 1 atom stereocenters. The summed E-state index contributed by atoms with van der Waals surface area (Å²) in [5.74, 6) is 1.57. The molecule has 3 nitrogen and oxygen atoms in total. The van der Waals surface area contributed by atoms with Crippen LogP contribution in [0.1, 0.15) is 29.2 Å². The van der Waals surface area contributed by atoms with Gasteiger partial charge in [0.1, 0.15) is 0 Å². The lowest BCUT2D eigenvalue weighted by molar-refractivity contribution is 0.349. The SMILES string of the molecule is COc1cc2c(c(Br)c1OC)C(CCc1ccccc1)NCC2. The summed E-state index contributed by atoms with van der Waals surface area (Å²) in [6, 6.07) is 13.1. The minimum absolute atomic E-state index is 0.327. The molecular weight excluding hydrogens is 354 g/mol. The Kier molecular flexibility index (Phi) is 5.23. The Morgan fingerprint density at radius 1 is 1.17 bits per heavy atom. The first-order valence-corrected chi connectivity index (χ1v) is 8.74. The van der Waals surface area contributed by atoms with Crippen molar-refractivity contribution in [2.75, 3.05) is 20.8 Å². The van der Waals surface area contributed by atoms with Crippen molar-refractivity contribution < 1.29 is 9.47 Å². The van der Waals surface area contributed by atoms with Crippen molar-refractivity contribution in [3.05, 3.63) is 57.6 Å². The van der Waals surface area contributed by atoms with E-state index in [1.807, 2.05) is 0 Å². The van der Waals surface area contributed by atoms with E-state index in [1.54, 1.807) is 14.2 Å². The summed E-state index contributed by atoms with van der Waals surface area (Å²) in [4.78, 5) is 0. The average Bonchev–Trinajstić information content (AvgIpc) is 2.60. The van der Waals surface area contributed by atoms with Gasteiger partial charge in [-0.05, 0) is 64.5 Å². The Labute approximate surface area is 146 Å². The summed E-state index contributed by atoms with van der Waals surface area (Å²) in [7, 11) is 3.37. The lowest BCUT2D eigenvalue weighted by atomic mass is 9.90. The third-order valence-electron chi connectivity index (χ3n) is 4.43. The van der Waals surface area contributed by atoms with E-state index in [4.69, 9.17) is 9.47 Å². The summed E-state index contributed by atoms with van der Waals surface area (Å²) in [6.07, 6.45) is 3.12. The fraction of sp³-hybridized carbons (Fsp3) is 0.368. The van der Waals surface area contributed by atoms with E-state index >= 15 is 0 Å². The molecule has 4 heteroatoms. The molecule has 23 heavy (non-hydrogen) atoms. The van der Waals surface area contributed by atoms with Gasteiger partial charge in [0.15, 0.2) is 11.5 Å². The quantitative estimate of drug-likeness (QED) is 0.845. The zero-order valence-corrected chi connectivity index (χ0v) is 15.2. The van der Waals surface area contributed by atoms with Gasteiger partial charge in [-0.1, -0.05) is 30.3 Å². The average molecular weight is 376 g/mol. The van der Waals surface area contributed by atoms with Gasteiger partial charge in [-0.3, -0.25) is 0 Å². The molecule has 0 saturated heterocycles. The molecule has 0 aromatic heterocycles. The van der Waals surface area contributed by atoms with Crippen LogP contribution in [0.25, 0.3) is 0 Å². The molecule has 3 rings (SSSR count). The number of ether oxygens (including phenoxy) is 2. The first-order valence-electron chi connectivity index (χ1n) is 7.95. The number of nitrogens with one attached hydrogen (secondary N) is 1. The molecule has 0 fully saturated rings. The molecule has 2 aromatic carbocycles. The summed E-state index contributed by atoms with van der Waals surface area (Å²) in [5, 5.41) is 3.65. The molecule has 122 valence electrons. The highest BCUT2D eigenvalue weighted by Crippen LogP contribution is 2.44. The maximum absolute atomic E-state index is 5.54. The van der Waals surface area contributed by atoms with Crippen molar-refractivity contribution in [1.82, 2.24) is 5.32 Å². The highest BCUT2D eigenvalue weighted by molar-refractivity contribution is 9.10. The Morgan fingerprint density at radius 3 is 2.65 bits per heavy atom. The van der Waals surface area contributed by atoms with E-state index in [1.165, 1.54) is 16.7 Å². The second-order valence-electron chi connectivity index (χ2n) is 5.78. The van der Waals surface area contributed by atoms with Crippen LogP contribution in [0.4, 0.5) is 0 Å². The predicted molar refractivity (Wildman–Crippen MR) is 96.5 cm³/mol. The summed E-state index contributed by atoms with van der Waals surface area (Å²) in [5.41, 5.74) is 4.02. The van der Waals surface area contributed by atoms with Crippen LogP contribution in [-0.4, -0.2) is 20.8 Å². The highest BCUT2D eigenvalue weighted by Gasteiger charge is 2.26. The number of fused-ring (bicyclic) bond motifs is 1. The van der Waals surface area contributed by atoms with Crippen LogP contribution in [0, 0.1) is 0 Å². The summed E-state index contributed by atoms with van der Waals surface area (Å²) < 4.78 is 12.0. The molecule has 2 aromatic rings. The topological polar surface area (TPSA) is 30.5 Å². The van der Waals surface area contributed by atoms with Crippen molar-refractivity contribution in [2.45, 2.75) is 25.3 Å². The molecule has 1 aliphatic heterocycles. The number of rotatable bonds is 5. The minimum Gasteiger partial charge on any atom is -0.493 e. The molecule has 0 saturated carbocycles. The molecule has 0 amide bonds.